The molecule has 0 saturated heterocycles. The lowest BCUT2D eigenvalue weighted by atomic mass is 10.1. The van der Waals surface area contributed by atoms with Crippen LogP contribution in [0.4, 0.5) is 0 Å². The Morgan fingerprint density at radius 2 is 1.72 bits per heavy atom. The molecule has 0 aromatic heterocycles. The Morgan fingerprint density at radius 3 is 2.32 bits per heavy atom. The summed E-state index contributed by atoms with van der Waals surface area (Å²) in [5.74, 6) is 2.24. The van der Waals surface area contributed by atoms with Gasteiger partial charge in [0.25, 0.3) is 0 Å². The lowest BCUT2D eigenvalue weighted by molar-refractivity contribution is 0.230. The van der Waals surface area contributed by atoms with Gasteiger partial charge in [0.2, 0.25) is 0 Å². The zero-order valence-corrected chi connectivity index (χ0v) is 16.0. The van der Waals surface area contributed by atoms with Crippen LogP contribution in [0.2, 0.25) is 5.02 Å². The number of hydrogen-bond donors (Lipinski definition) is 1. The highest BCUT2D eigenvalue weighted by Crippen LogP contribution is 2.34. The summed E-state index contributed by atoms with van der Waals surface area (Å²) in [6.45, 7) is 5.48. The number of rotatable bonds is 9. The predicted octanol–water partition coefficient (Wildman–Crippen LogP) is 4.48. The van der Waals surface area contributed by atoms with E-state index in [9.17, 15) is 0 Å². The van der Waals surface area contributed by atoms with Crippen LogP contribution < -0.4 is 19.5 Å². The summed E-state index contributed by atoms with van der Waals surface area (Å²) in [5, 5.41) is 4.09. The van der Waals surface area contributed by atoms with Crippen molar-refractivity contribution in [1.82, 2.24) is 5.32 Å². The molecule has 5 heteroatoms. The first kappa shape index (κ1) is 19.4. The molecule has 4 nitrogen and oxygen atoms in total. The Morgan fingerprint density at radius 1 is 1.00 bits per heavy atom. The molecule has 0 atom stereocenters. The van der Waals surface area contributed by atoms with Gasteiger partial charge in [0.05, 0.1) is 20.3 Å². The summed E-state index contributed by atoms with van der Waals surface area (Å²) < 4.78 is 16.3. The molecule has 2 aromatic carbocycles. The van der Waals surface area contributed by atoms with E-state index < -0.39 is 0 Å². The van der Waals surface area contributed by atoms with Crippen LogP contribution in [-0.2, 0) is 13.0 Å². The molecule has 0 aliphatic rings. The van der Waals surface area contributed by atoms with Crippen molar-refractivity contribution in [2.75, 3.05) is 20.8 Å². The fraction of sp³-hybridized carbons (Fsp3) is 0.400. The highest BCUT2D eigenvalue weighted by atomic mass is 35.5. The van der Waals surface area contributed by atoms with E-state index in [1.165, 1.54) is 5.56 Å². The minimum atomic E-state index is 0.0680. The maximum atomic E-state index is 6.38. The summed E-state index contributed by atoms with van der Waals surface area (Å²) in [7, 11) is 3.31. The standard InChI is InChI=1S/C20H26ClNO3/c1-14(2)25-20-12-18(21)16(11-19(20)24-4)13-22-10-9-15-5-7-17(23-3)8-6-15/h5-8,11-12,14,22H,9-10,13H2,1-4H3. The number of hydrogen-bond acceptors (Lipinski definition) is 4. The van der Waals surface area contributed by atoms with Gasteiger partial charge in [-0.1, -0.05) is 23.7 Å². The third kappa shape index (κ3) is 5.83. The smallest absolute Gasteiger partial charge is 0.163 e. The first-order valence-corrected chi connectivity index (χ1v) is 8.78. The Balaban J connectivity index is 1.91. The maximum absolute atomic E-state index is 6.38. The second kappa shape index (κ2) is 9.54. The van der Waals surface area contributed by atoms with Gasteiger partial charge in [-0.25, -0.2) is 0 Å². The molecule has 0 heterocycles. The molecule has 0 spiro atoms. The maximum Gasteiger partial charge on any atom is 0.163 e. The van der Waals surface area contributed by atoms with Crippen LogP contribution >= 0.6 is 11.6 Å². The van der Waals surface area contributed by atoms with Crippen molar-refractivity contribution in [2.45, 2.75) is 32.9 Å². The van der Waals surface area contributed by atoms with Gasteiger partial charge >= 0.3 is 0 Å². The fourth-order valence-electron chi connectivity index (χ4n) is 2.47. The van der Waals surface area contributed by atoms with E-state index >= 15 is 0 Å². The molecule has 0 unspecified atom stereocenters. The van der Waals surface area contributed by atoms with E-state index in [0.717, 1.165) is 24.3 Å². The van der Waals surface area contributed by atoms with Gasteiger partial charge in [0.15, 0.2) is 11.5 Å². The molecule has 0 aliphatic heterocycles. The summed E-state index contributed by atoms with van der Waals surface area (Å²) >= 11 is 6.38. The molecule has 0 amide bonds. The second-order valence-corrected chi connectivity index (χ2v) is 6.44. The zero-order chi connectivity index (χ0) is 18.2. The molecule has 25 heavy (non-hydrogen) atoms. The monoisotopic (exact) mass is 363 g/mol. The lowest BCUT2D eigenvalue weighted by Crippen LogP contribution is -2.17. The van der Waals surface area contributed by atoms with Crippen molar-refractivity contribution in [1.29, 1.82) is 0 Å². The zero-order valence-electron chi connectivity index (χ0n) is 15.3. The molecule has 2 rings (SSSR count). The number of benzene rings is 2. The van der Waals surface area contributed by atoms with Gasteiger partial charge in [-0.15, -0.1) is 0 Å². The van der Waals surface area contributed by atoms with E-state index in [1.807, 2.05) is 38.1 Å². The quantitative estimate of drug-likeness (QED) is 0.667. The third-order valence-electron chi connectivity index (χ3n) is 3.76. The van der Waals surface area contributed by atoms with Crippen molar-refractivity contribution in [3.05, 3.63) is 52.5 Å². The highest BCUT2D eigenvalue weighted by molar-refractivity contribution is 6.31. The molecular weight excluding hydrogens is 338 g/mol. The molecular formula is C20H26ClNO3. The lowest BCUT2D eigenvalue weighted by Gasteiger charge is -2.16. The number of methoxy groups -OCH3 is 2. The average molecular weight is 364 g/mol. The molecule has 136 valence electrons. The van der Waals surface area contributed by atoms with E-state index in [4.69, 9.17) is 25.8 Å². The van der Waals surface area contributed by atoms with Crippen molar-refractivity contribution >= 4 is 11.6 Å². The van der Waals surface area contributed by atoms with Crippen LogP contribution in [0.15, 0.2) is 36.4 Å². The van der Waals surface area contributed by atoms with E-state index in [-0.39, 0.29) is 6.10 Å². The topological polar surface area (TPSA) is 39.7 Å². The van der Waals surface area contributed by atoms with Crippen molar-refractivity contribution < 1.29 is 14.2 Å². The third-order valence-corrected chi connectivity index (χ3v) is 4.11. The van der Waals surface area contributed by atoms with Crippen LogP contribution in [0.3, 0.4) is 0 Å². The SMILES string of the molecule is COc1ccc(CCNCc2cc(OC)c(OC(C)C)cc2Cl)cc1. The van der Waals surface area contributed by atoms with E-state index in [1.54, 1.807) is 14.2 Å². The highest BCUT2D eigenvalue weighted by Gasteiger charge is 2.11. The summed E-state index contributed by atoms with van der Waals surface area (Å²) in [6, 6.07) is 11.9. The minimum absolute atomic E-state index is 0.0680. The molecule has 0 bridgehead atoms. The van der Waals surface area contributed by atoms with Gasteiger partial charge < -0.3 is 19.5 Å². The van der Waals surface area contributed by atoms with Gasteiger partial charge in [-0.05, 0) is 56.1 Å². The van der Waals surface area contributed by atoms with Gasteiger partial charge in [-0.2, -0.15) is 0 Å². The summed E-state index contributed by atoms with van der Waals surface area (Å²) in [4.78, 5) is 0. The van der Waals surface area contributed by atoms with Gasteiger partial charge in [-0.3, -0.25) is 0 Å². The normalized spacial score (nSPS) is 10.8. The van der Waals surface area contributed by atoms with E-state index in [0.29, 0.717) is 23.1 Å². The molecule has 0 radical (unpaired) electrons. The Bertz CT molecular complexity index is 671. The Kier molecular flexibility index (Phi) is 7.41. The van der Waals surface area contributed by atoms with Crippen LogP contribution in [0.1, 0.15) is 25.0 Å². The molecule has 1 N–H and O–H groups in total. The van der Waals surface area contributed by atoms with Crippen molar-refractivity contribution in [3.63, 3.8) is 0 Å². The second-order valence-electron chi connectivity index (χ2n) is 6.04. The average Bonchev–Trinajstić information content (AvgIpc) is 2.60. The Labute approximate surface area is 155 Å². The number of nitrogens with one attached hydrogen (secondary N) is 1. The van der Waals surface area contributed by atoms with Gasteiger partial charge in [0, 0.05) is 17.6 Å². The minimum Gasteiger partial charge on any atom is -0.497 e. The van der Waals surface area contributed by atoms with Crippen LogP contribution in [-0.4, -0.2) is 26.9 Å². The fourth-order valence-corrected chi connectivity index (χ4v) is 2.69. The first-order valence-electron chi connectivity index (χ1n) is 8.40. The van der Waals surface area contributed by atoms with Crippen LogP contribution in [0.25, 0.3) is 0 Å². The predicted molar refractivity (Wildman–Crippen MR) is 102 cm³/mol. The molecule has 2 aromatic rings. The van der Waals surface area contributed by atoms with E-state index in [2.05, 4.69) is 17.4 Å². The van der Waals surface area contributed by atoms with Crippen LogP contribution in [0.5, 0.6) is 17.2 Å². The molecule has 0 fully saturated rings. The van der Waals surface area contributed by atoms with Crippen molar-refractivity contribution in [3.8, 4) is 17.2 Å². The van der Waals surface area contributed by atoms with Crippen LogP contribution in [0, 0.1) is 0 Å². The van der Waals surface area contributed by atoms with Gasteiger partial charge in [0.1, 0.15) is 5.75 Å². The summed E-state index contributed by atoms with van der Waals surface area (Å²) in [5.41, 5.74) is 2.25. The first-order chi connectivity index (χ1) is 12.0. The number of ether oxygens (including phenoxy) is 3. The van der Waals surface area contributed by atoms with Crippen molar-refractivity contribution in [2.24, 2.45) is 0 Å². The Hall–Kier alpha value is -1.91. The number of halogens is 1. The molecule has 0 aliphatic carbocycles. The largest absolute Gasteiger partial charge is 0.497 e. The molecule has 0 saturated carbocycles. The summed E-state index contributed by atoms with van der Waals surface area (Å²) in [6.07, 6.45) is 1.01.